The van der Waals surface area contributed by atoms with Gasteiger partial charge in [0.25, 0.3) is 0 Å². The van der Waals surface area contributed by atoms with Crippen molar-refractivity contribution in [3.8, 4) is 5.75 Å². The van der Waals surface area contributed by atoms with E-state index in [9.17, 15) is 4.39 Å². The van der Waals surface area contributed by atoms with Gasteiger partial charge in [0.15, 0.2) is 11.6 Å². The molecule has 0 amide bonds. The molecule has 0 heterocycles. The van der Waals surface area contributed by atoms with Gasteiger partial charge in [-0.1, -0.05) is 42.8 Å². The molecule has 20 heavy (non-hydrogen) atoms. The van der Waals surface area contributed by atoms with Crippen molar-refractivity contribution < 1.29 is 9.13 Å². The van der Waals surface area contributed by atoms with Crippen LogP contribution in [0, 0.1) is 5.82 Å². The fraction of sp³-hybridized carbons (Fsp3) is 0.250. The van der Waals surface area contributed by atoms with E-state index in [1.807, 2.05) is 19.1 Å². The van der Waals surface area contributed by atoms with Crippen LogP contribution in [0.3, 0.4) is 0 Å². The van der Waals surface area contributed by atoms with Crippen molar-refractivity contribution in [1.82, 2.24) is 0 Å². The Morgan fingerprint density at radius 1 is 1.20 bits per heavy atom. The molecule has 2 nitrogen and oxygen atoms in total. The highest BCUT2D eigenvalue weighted by atomic mass is 35.5. The fourth-order valence-corrected chi connectivity index (χ4v) is 2.18. The molecule has 0 aliphatic carbocycles. The first kappa shape index (κ1) is 14.8. The molecule has 2 N–H and O–H groups in total. The Hall–Kier alpha value is -1.58. The third-order valence-electron chi connectivity index (χ3n) is 3.13. The molecule has 2 atom stereocenters. The van der Waals surface area contributed by atoms with Crippen LogP contribution >= 0.6 is 11.6 Å². The zero-order chi connectivity index (χ0) is 14.5. The Morgan fingerprint density at radius 2 is 1.95 bits per heavy atom. The molecule has 0 aromatic heterocycles. The number of nitrogens with two attached hydrogens (primary N) is 1. The highest BCUT2D eigenvalue weighted by molar-refractivity contribution is 6.30. The molecular weight excluding hydrogens is 277 g/mol. The summed E-state index contributed by atoms with van der Waals surface area (Å²) < 4.78 is 19.5. The van der Waals surface area contributed by atoms with Crippen LogP contribution in [0.4, 0.5) is 4.39 Å². The Morgan fingerprint density at radius 3 is 2.60 bits per heavy atom. The molecule has 0 fully saturated rings. The quantitative estimate of drug-likeness (QED) is 0.890. The summed E-state index contributed by atoms with van der Waals surface area (Å²) in [4.78, 5) is 0. The topological polar surface area (TPSA) is 35.2 Å². The van der Waals surface area contributed by atoms with Gasteiger partial charge in [-0.25, -0.2) is 4.39 Å². The van der Waals surface area contributed by atoms with Gasteiger partial charge in [0.2, 0.25) is 0 Å². The zero-order valence-corrected chi connectivity index (χ0v) is 12.0. The molecule has 0 spiro atoms. The van der Waals surface area contributed by atoms with Gasteiger partial charge in [0.1, 0.15) is 6.10 Å². The molecule has 0 saturated carbocycles. The molecule has 0 bridgehead atoms. The van der Waals surface area contributed by atoms with Crippen molar-refractivity contribution in [2.24, 2.45) is 5.73 Å². The SMILES string of the molecule is CCC(N)C(Oc1ccccc1F)c1cccc(Cl)c1. The standard InChI is InChI=1S/C16H17ClFNO/c1-2-14(19)16(11-6-5-7-12(17)10-11)20-15-9-4-3-8-13(15)18/h3-10,14,16H,2,19H2,1H3. The predicted octanol–water partition coefficient (Wildman–Crippen LogP) is 4.34. The first-order chi connectivity index (χ1) is 9.61. The maximum absolute atomic E-state index is 13.7. The summed E-state index contributed by atoms with van der Waals surface area (Å²) in [7, 11) is 0. The fourth-order valence-electron chi connectivity index (χ4n) is 1.98. The molecule has 0 aliphatic heterocycles. The third kappa shape index (κ3) is 3.50. The van der Waals surface area contributed by atoms with Crippen molar-refractivity contribution in [2.45, 2.75) is 25.5 Å². The van der Waals surface area contributed by atoms with Gasteiger partial charge in [-0.05, 0) is 36.2 Å². The van der Waals surface area contributed by atoms with Gasteiger partial charge >= 0.3 is 0 Å². The van der Waals surface area contributed by atoms with E-state index in [0.29, 0.717) is 11.4 Å². The first-order valence-corrected chi connectivity index (χ1v) is 6.92. The van der Waals surface area contributed by atoms with Gasteiger partial charge in [-0.15, -0.1) is 0 Å². The predicted molar refractivity (Wildman–Crippen MR) is 79.5 cm³/mol. The lowest BCUT2D eigenvalue weighted by Crippen LogP contribution is -2.31. The number of benzene rings is 2. The van der Waals surface area contributed by atoms with Crippen LogP contribution in [-0.4, -0.2) is 6.04 Å². The van der Waals surface area contributed by atoms with Crippen LogP contribution in [0.1, 0.15) is 25.0 Å². The van der Waals surface area contributed by atoms with Gasteiger partial charge in [-0.3, -0.25) is 0 Å². The van der Waals surface area contributed by atoms with E-state index >= 15 is 0 Å². The Kier molecular flexibility index (Phi) is 4.99. The van der Waals surface area contributed by atoms with E-state index in [0.717, 1.165) is 5.56 Å². The summed E-state index contributed by atoms with van der Waals surface area (Å²) in [6, 6.07) is 13.3. The van der Waals surface area contributed by atoms with Crippen molar-refractivity contribution in [1.29, 1.82) is 0 Å². The van der Waals surface area contributed by atoms with Crippen LogP contribution in [0.25, 0.3) is 0 Å². The molecular formula is C16H17ClFNO. The van der Waals surface area contributed by atoms with Crippen LogP contribution in [0.2, 0.25) is 5.02 Å². The average molecular weight is 294 g/mol. The lowest BCUT2D eigenvalue weighted by molar-refractivity contribution is 0.164. The van der Waals surface area contributed by atoms with Crippen LogP contribution in [-0.2, 0) is 0 Å². The second kappa shape index (κ2) is 6.73. The smallest absolute Gasteiger partial charge is 0.165 e. The molecule has 0 radical (unpaired) electrons. The minimum absolute atomic E-state index is 0.196. The highest BCUT2D eigenvalue weighted by Gasteiger charge is 2.22. The summed E-state index contributed by atoms with van der Waals surface area (Å²) in [6.45, 7) is 1.97. The van der Waals surface area contributed by atoms with Gasteiger partial charge in [0, 0.05) is 11.1 Å². The largest absolute Gasteiger partial charge is 0.481 e. The Balaban J connectivity index is 2.31. The third-order valence-corrected chi connectivity index (χ3v) is 3.36. The van der Waals surface area contributed by atoms with Crippen molar-refractivity contribution in [3.63, 3.8) is 0 Å². The normalized spacial score (nSPS) is 13.8. The maximum atomic E-state index is 13.7. The van der Waals surface area contributed by atoms with Crippen LogP contribution in [0.5, 0.6) is 5.75 Å². The van der Waals surface area contributed by atoms with Crippen molar-refractivity contribution in [3.05, 3.63) is 64.9 Å². The number of para-hydroxylation sites is 1. The van der Waals surface area contributed by atoms with Crippen LogP contribution < -0.4 is 10.5 Å². The zero-order valence-electron chi connectivity index (χ0n) is 11.2. The van der Waals surface area contributed by atoms with Crippen LogP contribution in [0.15, 0.2) is 48.5 Å². The van der Waals surface area contributed by atoms with Gasteiger partial charge in [-0.2, -0.15) is 0 Å². The minimum Gasteiger partial charge on any atom is -0.481 e. The highest BCUT2D eigenvalue weighted by Crippen LogP contribution is 2.28. The summed E-state index contributed by atoms with van der Waals surface area (Å²) in [5, 5.41) is 0.605. The summed E-state index contributed by atoms with van der Waals surface area (Å²) in [5.41, 5.74) is 6.95. The Bertz CT molecular complexity index is 576. The van der Waals surface area contributed by atoms with Crippen molar-refractivity contribution in [2.75, 3.05) is 0 Å². The number of ether oxygens (including phenoxy) is 1. The molecule has 2 aromatic rings. The number of halogens is 2. The summed E-state index contributed by atoms with van der Waals surface area (Å²) in [6.07, 6.45) is 0.279. The van der Waals surface area contributed by atoms with E-state index in [4.69, 9.17) is 22.1 Å². The van der Waals surface area contributed by atoms with Crippen molar-refractivity contribution >= 4 is 11.6 Å². The maximum Gasteiger partial charge on any atom is 0.165 e. The van der Waals surface area contributed by atoms with E-state index in [2.05, 4.69) is 0 Å². The number of hydrogen-bond donors (Lipinski definition) is 1. The lowest BCUT2D eigenvalue weighted by Gasteiger charge is -2.25. The molecule has 0 saturated heterocycles. The number of hydrogen-bond acceptors (Lipinski definition) is 2. The molecule has 2 aromatic carbocycles. The molecule has 106 valence electrons. The van der Waals surface area contributed by atoms with E-state index in [-0.39, 0.29) is 11.8 Å². The van der Waals surface area contributed by atoms with E-state index in [1.54, 1.807) is 30.3 Å². The second-order valence-electron chi connectivity index (χ2n) is 4.60. The average Bonchev–Trinajstić information content (AvgIpc) is 2.45. The van der Waals surface area contributed by atoms with Gasteiger partial charge in [0.05, 0.1) is 0 Å². The number of rotatable bonds is 5. The second-order valence-corrected chi connectivity index (χ2v) is 5.03. The molecule has 2 rings (SSSR count). The lowest BCUT2D eigenvalue weighted by atomic mass is 10.0. The first-order valence-electron chi connectivity index (χ1n) is 6.54. The monoisotopic (exact) mass is 293 g/mol. The summed E-state index contributed by atoms with van der Waals surface area (Å²) in [5.74, 6) is -0.204. The van der Waals surface area contributed by atoms with E-state index in [1.165, 1.54) is 6.07 Å². The molecule has 2 unspecified atom stereocenters. The molecule has 0 aliphatic rings. The summed E-state index contributed by atoms with van der Waals surface area (Å²) >= 11 is 6.00. The minimum atomic E-state index is -0.435. The molecule has 4 heteroatoms. The Labute approximate surface area is 123 Å². The van der Waals surface area contributed by atoms with E-state index < -0.39 is 11.9 Å². The van der Waals surface area contributed by atoms with Gasteiger partial charge < -0.3 is 10.5 Å².